The summed E-state index contributed by atoms with van der Waals surface area (Å²) in [6, 6.07) is 0.321. The number of nitrogens with one attached hydrogen (secondary N) is 2. The molecule has 27 heavy (non-hydrogen) atoms. The van der Waals surface area contributed by atoms with E-state index in [1.54, 1.807) is 18.7 Å². The number of aliphatic hydroxyl groups is 2. The van der Waals surface area contributed by atoms with Gasteiger partial charge < -0.3 is 30.3 Å². The molecular formula is C18H30N4O5. The van der Waals surface area contributed by atoms with Crippen LogP contribution in [0.4, 0.5) is 5.82 Å². The summed E-state index contributed by atoms with van der Waals surface area (Å²) in [6.07, 6.45) is 3.28. The number of ether oxygens (including phenoxy) is 2. The van der Waals surface area contributed by atoms with Gasteiger partial charge in [0, 0.05) is 46.2 Å². The van der Waals surface area contributed by atoms with E-state index in [0.717, 1.165) is 6.42 Å². The van der Waals surface area contributed by atoms with E-state index in [-0.39, 0.29) is 12.4 Å². The fourth-order valence-electron chi connectivity index (χ4n) is 2.94. The van der Waals surface area contributed by atoms with Crippen molar-refractivity contribution in [2.24, 2.45) is 0 Å². The van der Waals surface area contributed by atoms with Crippen LogP contribution in [0.2, 0.25) is 0 Å². The van der Waals surface area contributed by atoms with Crippen LogP contribution >= 0.6 is 0 Å². The molecule has 0 amide bonds. The number of hydrogen-bond acceptors (Lipinski definition) is 8. The Balaban J connectivity index is 2.24. The highest BCUT2D eigenvalue weighted by Gasteiger charge is 2.25. The first-order valence-electron chi connectivity index (χ1n) is 9.28. The number of rotatable bonds is 12. The number of aromatic nitrogens is 2. The number of carbonyl (C=O) groups excluding carboxylic acids is 1. The standard InChI is InChI=1S/C18H30N4O5/c1-19-17-16(15(25)12-20-7-4-9-23)22(8-10-26-2)18(21-17)27-14-6-3-5-13(24)11-14/h11,15,19-20,23,25H,3-10,12H2,1-2H3. The predicted octanol–water partition coefficient (Wildman–Crippen LogP) is 0.592. The maximum atomic E-state index is 11.6. The molecular weight excluding hydrogens is 352 g/mol. The quantitative estimate of drug-likeness (QED) is 0.388. The average Bonchev–Trinajstić information content (AvgIpc) is 3.00. The van der Waals surface area contributed by atoms with Gasteiger partial charge in [-0.2, -0.15) is 4.98 Å². The lowest BCUT2D eigenvalue weighted by atomic mass is 10.1. The number of nitrogens with zero attached hydrogens (tertiary/aromatic N) is 2. The molecule has 1 aliphatic rings. The van der Waals surface area contributed by atoms with Crippen LogP contribution in [0.1, 0.15) is 37.5 Å². The van der Waals surface area contributed by atoms with Crippen LogP contribution in [0.3, 0.4) is 0 Å². The van der Waals surface area contributed by atoms with Crippen LogP contribution in [0.5, 0.6) is 6.01 Å². The molecule has 0 spiro atoms. The highest BCUT2D eigenvalue weighted by molar-refractivity contribution is 5.90. The first-order valence-corrected chi connectivity index (χ1v) is 9.28. The average molecular weight is 382 g/mol. The monoisotopic (exact) mass is 382 g/mol. The maximum absolute atomic E-state index is 11.6. The van der Waals surface area contributed by atoms with Crippen molar-refractivity contribution < 1.29 is 24.5 Å². The molecule has 1 heterocycles. The number of allylic oxidation sites excluding steroid dienone is 2. The summed E-state index contributed by atoms with van der Waals surface area (Å²) in [5.41, 5.74) is 0.587. The zero-order chi connectivity index (χ0) is 19.6. The SMILES string of the molecule is CNc1nc(OC2=CC(=O)CCC2)n(CCOC)c1C(O)CNCCCO. The molecule has 1 aromatic rings. The van der Waals surface area contributed by atoms with E-state index in [1.165, 1.54) is 6.08 Å². The molecule has 0 saturated carbocycles. The molecule has 0 aliphatic heterocycles. The number of methoxy groups -OCH3 is 1. The number of hydrogen-bond donors (Lipinski definition) is 4. The van der Waals surface area contributed by atoms with E-state index < -0.39 is 6.10 Å². The lowest BCUT2D eigenvalue weighted by Crippen LogP contribution is -2.25. The number of aliphatic hydroxyl groups excluding tert-OH is 2. The van der Waals surface area contributed by atoms with Crippen molar-refractivity contribution in [2.75, 3.05) is 45.8 Å². The van der Waals surface area contributed by atoms with Gasteiger partial charge in [-0.25, -0.2) is 0 Å². The molecule has 9 heteroatoms. The van der Waals surface area contributed by atoms with Crippen molar-refractivity contribution in [3.05, 3.63) is 17.5 Å². The third kappa shape index (κ3) is 6.03. The number of anilines is 1. The lowest BCUT2D eigenvalue weighted by Gasteiger charge is -2.18. The van der Waals surface area contributed by atoms with Gasteiger partial charge >= 0.3 is 6.01 Å². The third-order valence-corrected chi connectivity index (χ3v) is 4.28. The predicted molar refractivity (Wildman–Crippen MR) is 101 cm³/mol. The zero-order valence-corrected chi connectivity index (χ0v) is 16.0. The second-order valence-electron chi connectivity index (χ2n) is 6.35. The second kappa shape index (κ2) is 11.0. The third-order valence-electron chi connectivity index (χ3n) is 4.28. The van der Waals surface area contributed by atoms with Crippen molar-refractivity contribution in [3.8, 4) is 6.01 Å². The van der Waals surface area contributed by atoms with E-state index >= 15 is 0 Å². The van der Waals surface area contributed by atoms with Gasteiger partial charge in [-0.05, 0) is 19.4 Å². The summed E-state index contributed by atoms with van der Waals surface area (Å²) in [5.74, 6) is 1.15. The Hall–Kier alpha value is -1.94. The van der Waals surface area contributed by atoms with Crippen LogP contribution in [-0.4, -0.2) is 66.0 Å². The minimum atomic E-state index is -0.824. The summed E-state index contributed by atoms with van der Waals surface area (Å²) in [7, 11) is 3.33. The normalized spacial score (nSPS) is 15.6. The van der Waals surface area contributed by atoms with Gasteiger partial charge in [0.25, 0.3) is 0 Å². The van der Waals surface area contributed by atoms with Crippen LogP contribution in [0.25, 0.3) is 0 Å². The molecule has 2 rings (SSSR count). The summed E-state index contributed by atoms with van der Waals surface area (Å²) < 4.78 is 12.9. The van der Waals surface area contributed by atoms with Crippen molar-refractivity contribution in [1.29, 1.82) is 0 Å². The van der Waals surface area contributed by atoms with Crippen LogP contribution in [-0.2, 0) is 16.1 Å². The number of imidazole rings is 1. The fourth-order valence-corrected chi connectivity index (χ4v) is 2.94. The molecule has 0 bridgehead atoms. The largest absolute Gasteiger partial charge is 0.430 e. The van der Waals surface area contributed by atoms with Gasteiger partial charge in [-0.3, -0.25) is 9.36 Å². The minimum Gasteiger partial charge on any atom is -0.430 e. The van der Waals surface area contributed by atoms with E-state index in [1.807, 2.05) is 0 Å². The Morgan fingerprint density at radius 2 is 2.22 bits per heavy atom. The van der Waals surface area contributed by atoms with E-state index in [2.05, 4.69) is 15.6 Å². The van der Waals surface area contributed by atoms with E-state index in [4.69, 9.17) is 14.6 Å². The first-order chi connectivity index (χ1) is 13.1. The molecule has 9 nitrogen and oxygen atoms in total. The second-order valence-corrected chi connectivity index (χ2v) is 6.35. The topological polar surface area (TPSA) is 118 Å². The highest BCUT2D eigenvalue weighted by atomic mass is 16.5. The molecule has 0 radical (unpaired) electrons. The first kappa shape index (κ1) is 21.4. The lowest BCUT2D eigenvalue weighted by molar-refractivity contribution is -0.115. The Kier molecular flexibility index (Phi) is 8.73. The molecule has 1 aliphatic carbocycles. The molecule has 0 fully saturated rings. The number of ketones is 1. The smallest absolute Gasteiger partial charge is 0.303 e. The Bertz CT molecular complexity index is 644. The highest BCUT2D eigenvalue weighted by Crippen LogP contribution is 2.30. The van der Waals surface area contributed by atoms with Gasteiger partial charge in [0.2, 0.25) is 0 Å². The molecule has 1 unspecified atom stereocenters. The molecule has 4 N–H and O–H groups in total. The van der Waals surface area contributed by atoms with Gasteiger partial charge in [0.1, 0.15) is 11.9 Å². The fraction of sp³-hybridized carbons (Fsp3) is 0.667. The van der Waals surface area contributed by atoms with Crippen molar-refractivity contribution >= 4 is 11.6 Å². The van der Waals surface area contributed by atoms with Gasteiger partial charge in [0.15, 0.2) is 11.6 Å². The van der Waals surface area contributed by atoms with Gasteiger partial charge in [-0.1, -0.05) is 0 Å². The van der Waals surface area contributed by atoms with Crippen LogP contribution < -0.4 is 15.4 Å². The summed E-state index contributed by atoms with van der Waals surface area (Å²) in [5, 5.41) is 25.6. The summed E-state index contributed by atoms with van der Waals surface area (Å²) >= 11 is 0. The van der Waals surface area contributed by atoms with Crippen LogP contribution in [0.15, 0.2) is 11.8 Å². The Morgan fingerprint density at radius 1 is 1.41 bits per heavy atom. The number of carbonyl (C=O) groups is 1. The van der Waals surface area contributed by atoms with Crippen molar-refractivity contribution in [1.82, 2.24) is 14.9 Å². The summed E-state index contributed by atoms with van der Waals surface area (Å²) in [4.78, 5) is 16.1. The molecule has 1 aromatic heterocycles. The Labute approximate surface area is 159 Å². The van der Waals surface area contributed by atoms with Gasteiger partial charge in [0.05, 0.1) is 18.8 Å². The Morgan fingerprint density at radius 3 is 2.89 bits per heavy atom. The van der Waals surface area contributed by atoms with Crippen molar-refractivity contribution in [3.63, 3.8) is 0 Å². The maximum Gasteiger partial charge on any atom is 0.303 e. The zero-order valence-electron chi connectivity index (χ0n) is 16.0. The van der Waals surface area contributed by atoms with Gasteiger partial charge in [-0.15, -0.1) is 0 Å². The van der Waals surface area contributed by atoms with Crippen molar-refractivity contribution in [2.45, 2.75) is 38.3 Å². The van der Waals surface area contributed by atoms with Crippen LogP contribution in [0, 0.1) is 0 Å². The molecule has 1 atom stereocenters. The molecule has 0 saturated heterocycles. The molecule has 152 valence electrons. The van der Waals surface area contributed by atoms with E-state index in [0.29, 0.717) is 68.8 Å². The van der Waals surface area contributed by atoms with E-state index in [9.17, 15) is 9.90 Å². The molecule has 0 aromatic carbocycles. The minimum absolute atomic E-state index is 0.0495. The summed E-state index contributed by atoms with van der Waals surface area (Å²) in [6.45, 7) is 1.89.